The zero-order chi connectivity index (χ0) is 12.3. The first-order chi connectivity index (χ1) is 8.19. The minimum absolute atomic E-state index is 0.446. The molecule has 0 saturated heterocycles. The summed E-state index contributed by atoms with van der Waals surface area (Å²) in [6, 6.07) is 3.87. The van der Waals surface area contributed by atoms with E-state index >= 15 is 0 Å². The molecule has 0 unspecified atom stereocenters. The average Bonchev–Trinajstić information content (AvgIpc) is 2.75. The maximum atomic E-state index is 5.68. The highest BCUT2D eigenvalue weighted by molar-refractivity contribution is 5.44. The van der Waals surface area contributed by atoms with Crippen LogP contribution in [0.4, 0.5) is 5.69 Å². The predicted octanol–water partition coefficient (Wildman–Crippen LogP) is 0.546. The minimum atomic E-state index is 0.446. The highest BCUT2D eigenvalue weighted by Crippen LogP contribution is 2.17. The van der Waals surface area contributed by atoms with Crippen LogP contribution in [0.25, 0.3) is 0 Å². The van der Waals surface area contributed by atoms with E-state index in [1.165, 1.54) is 0 Å². The lowest BCUT2D eigenvalue weighted by Gasteiger charge is -2.21. The predicted molar refractivity (Wildman–Crippen MR) is 67.8 cm³/mol. The fourth-order valence-corrected chi connectivity index (χ4v) is 1.91. The lowest BCUT2D eigenvalue weighted by atomic mass is 10.1. The van der Waals surface area contributed by atoms with E-state index in [0.717, 1.165) is 24.6 Å². The highest BCUT2D eigenvalue weighted by Gasteiger charge is 2.15. The van der Waals surface area contributed by atoms with Gasteiger partial charge in [0.05, 0.1) is 24.8 Å². The zero-order valence-corrected chi connectivity index (χ0v) is 10.2. The van der Waals surface area contributed by atoms with E-state index in [1.807, 2.05) is 25.4 Å². The topological polar surface area (TPSA) is 63.4 Å². The van der Waals surface area contributed by atoms with Crippen LogP contribution < -0.4 is 20.7 Å². The van der Waals surface area contributed by atoms with Crippen LogP contribution in [0.3, 0.4) is 0 Å². The van der Waals surface area contributed by atoms with Crippen molar-refractivity contribution in [2.24, 2.45) is 11.7 Å². The molecule has 1 aliphatic heterocycles. The number of aromatic nitrogens is 1. The zero-order valence-electron chi connectivity index (χ0n) is 10.2. The van der Waals surface area contributed by atoms with Gasteiger partial charge in [0, 0.05) is 32.1 Å². The number of nitrogens with zero attached hydrogens (tertiary/aromatic N) is 2. The van der Waals surface area contributed by atoms with Crippen LogP contribution in [0.1, 0.15) is 0 Å². The first kappa shape index (κ1) is 11.6. The standard InChI is InChI=1S/C12H18N4O/c1-16(8-9-5-11(13)14-6-9)10-3-4-12(17-2)15-7-10/h3-5,7,9,14H,6,8,13H2,1-2H3/t9-/m0/s1. The van der Waals surface area contributed by atoms with Crippen LogP contribution in [-0.2, 0) is 0 Å². The summed E-state index contributed by atoms with van der Waals surface area (Å²) in [5.74, 6) is 1.85. The molecular weight excluding hydrogens is 216 g/mol. The molecule has 0 aliphatic carbocycles. The Morgan fingerprint density at radius 2 is 2.41 bits per heavy atom. The van der Waals surface area contributed by atoms with Crippen molar-refractivity contribution in [3.63, 3.8) is 0 Å². The summed E-state index contributed by atoms with van der Waals surface area (Å²) < 4.78 is 5.03. The molecule has 0 saturated carbocycles. The number of rotatable bonds is 4. The van der Waals surface area contributed by atoms with Gasteiger partial charge in [-0.1, -0.05) is 0 Å². The summed E-state index contributed by atoms with van der Waals surface area (Å²) in [5.41, 5.74) is 6.75. The summed E-state index contributed by atoms with van der Waals surface area (Å²) in [5, 5.41) is 3.12. The van der Waals surface area contributed by atoms with Crippen molar-refractivity contribution in [1.82, 2.24) is 10.3 Å². The van der Waals surface area contributed by atoms with Gasteiger partial charge in [0.15, 0.2) is 0 Å². The van der Waals surface area contributed by atoms with Crippen LogP contribution in [0.5, 0.6) is 5.88 Å². The quantitative estimate of drug-likeness (QED) is 0.796. The molecule has 2 rings (SSSR count). The number of hydrogen-bond acceptors (Lipinski definition) is 5. The second-order valence-corrected chi connectivity index (χ2v) is 4.20. The Labute approximate surface area is 101 Å². The van der Waals surface area contributed by atoms with E-state index < -0.39 is 0 Å². The van der Waals surface area contributed by atoms with E-state index in [4.69, 9.17) is 10.5 Å². The first-order valence-electron chi connectivity index (χ1n) is 5.61. The lowest BCUT2D eigenvalue weighted by molar-refractivity contribution is 0.398. The fourth-order valence-electron chi connectivity index (χ4n) is 1.91. The van der Waals surface area contributed by atoms with Crippen LogP contribution in [0.2, 0.25) is 0 Å². The van der Waals surface area contributed by atoms with Crippen molar-refractivity contribution in [1.29, 1.82) is 0 Å². The number of ether oxygens (including phenoxy) is 1. The SMILES string of the molecule is COc1ccc(N(C)C[C@H]2C=C(N)NC2)cn1. The van der Waals surface area contributed by atoms with Gasteiger partial charge in [0.2, 0.25) is 5.88 Å². The molecule has 5 heteroatoms. The Morgan fingerprint density at radius 1 is 1.59 bits per heavy atom. The molecule has 1 atom stereocenters. The first-order valence-corrected chi connectivity index (χ1v) is 5.61. The minimum Gasteiger partial charge on any atom is -0.481 e. The molecule has 5 nitrogen and oxygen atoms in total. The van der Waals surface area contributed by atoms with E-state index in [0.29, 0.717) is 11.8 Å². The molecule has 3 N–H and O–H groups in total. The molecule has 0 spiro atoms. The molecular formula is C12H18N4O. The summed E-state index contributed by atoms with van der Waals surface area (Å²) in [6.07, 6.45) is 3.88. The van der Waals surface area contributed by atoms with E-state index in [1.54, 1.807) is 7.11 Å². The maximum Gasteiger partial charge on any atom is 0.213 e. The molecule has 1 aliphatic rings. The summed E-state index contributed by atoms with van der Waals surface area (Å²) >= 11 is 0. The van der Waals surface area contributed by atoms with Crippen LogP contribution in [-0.4, -0.2) is 32.2 Å². The van der Waals surface area contributed by atoms with Crippen molar-refractivity contribution in [3.8, 4) is 5.88 Å². The van der Waals surface area contributed by atoms with Crippen LogP contribution >= 0.6 is 0 Å². The van der Waals surface area contributed by atoms with E-state index in [2.05, 4.69) is 21.3 Å². The van der Waals surface area contributed by atoms with Gasteiger partial charge >= 0.3 is 0 Å². The Kier molecular flexibility index (Phi) is 3.37. The molecule has 0 radical (unpaired) electrons. The van der Waals surface area contributed by atoms with Crippen molar-refractivity contribution in [2.75, 3.05) is 32.1 Å². The maximum absolute atomic E-state index is 5.68. The lowest BCUT2D eigenvalue weighted by Crippen LogP contribution is -2.27. The van der Waals surface area contributed by atoms with Crippen molar-refractivity contribution in [2.45, 2.75) is 0 Å². The van der Waals surface area contributed by atoms with Gasteiger partial charge in [-0.25, -0.2) is 4.98 Å². The number of pyridine rings is 1. The van der Waals surface area contributed by atoms with E-state index in [-0.39, 0.29) is 0 Å². The molecule has 17 heavy (non-hydrogen) atoms. The third-order valence-corrected chi connectivity index (χ3v) is 2.86. The van der Waals surface area contributed by atoms with Gasteiger partial charge in [0.1, 0.15) is 0 Å². The number of nitrogens with two attached hydrogens (primary N) is 1. The Morgan fingerprint density at radius 3 is 2.94 bits per heavy atom. The van der Waals surface area contributed by atoms with Crippen molar-refractivity contribution in [3.05, 3.63) is 30.2 Å². The van der Waals surface area contributed by atoms with Crippen LogP contribution in [0.15, 0.2) is 30.2 Å². The molecule has 2 heterocycles. The Balaban J connectivity index is 1.97. The van der Waals surface area contributed by atoms with Crippen LogP contribution in [0, 0.1) is 5.92 Å². The number of nitrogens with one attached hydrogen (secondary N) is 1. The molecule has 1 aromatic heterocycles. The van der Waals surface area contributed by atoms with E-state index in [9.17, 15) is 0 Å². The average molecular weight is 234 g/mol. The molecule has 0 amide bonds. The second kappa shape index (κ2) is 4.95. The normalized spacial score (nSPS) is 18.5. The third kappa shape index (κ3) is 2.81. The van der Waals surface area contributed by atoms with Crippen molar-refractivity contribution >= 4 is 5.69 Å². The van der Waals surface area contributed by atoms with Gasteiger partial charge in [-0.05, 0) is 12.1 Å². The van der Waals surface area contributed by atoms with Gasteiger partial charge in [-0.3, -0.25) is 0 Å². The summed E-state index contributed by atoms with van der Waals surface area (Å²) in [7, 11) is 3.66. The molecule has 0 bridgehead atoms. The second-order valence-electron chi connectivity index (χ2n) is 4.20. The van der Waals surface area contributed by atoms with Gasteiger partial charge < -0.3 is 20.7 Å². The highest BCUT2D eigenvalue weighted by atomic mass is 16.5. The van der Waals surface area contributed by atoms with Gasteiger partial charge in [-0.15, -0.1) is 0 Å². The fraction of sp³-hybridized carbons (Fsp3) is 0.417. The molecule has 0 aromatic carbocycles. The molecule has 92 valence electrons. The van der Waals surface area contributed by atoms with Gasteiger partial charge in [0.25, 0.3) is 0 Å². The third-order valence-electron chi connectivity index (χ3n) is 2.86. The van der Waals surface area contributed by atoms with Gasteiger partial charge in [-0.2, -0.15) is 0 Å². The number of methoxy groups -OCH3 is 1. The molecule has 0 fully saturated rings. The molecule has 1 aromatic rings. The summed E-state index contributed by atoms with van der Waals surface area (Å²) in [4.78, 5) is 6.35. The summed E-state index contributed by atoms with van der Waals surface area (Å²) in [6.45, 7) is 1.82. The largest absolute Gasteiger partial charge is 0.481 e. The number of hydrogen-bond donors (Lipinski definition) is 2. The number of anilines is 1. The monoisotopic (exact) mass is 234 g/mol. The Hall–Kier alpha value is -1.91. The smallest absolute Gasteiger partial charge is 0.213 e. The van der Waals surface area contributed by atoms with Crippen molar-refractivity contribution < 1.29 is 4.74 Å². The Bertz CT molecular complexity index is 401.